The van der Waals surface area contributed by atoms with Crippen molar-refractivity contribution in [2.45, 2.75) is 6.92 Å². The summed E-state index contributed by atoms with van der Waals surface area (Å²) in [7, 11) is 0. The first-order valence-electron chi connectivity index (χ1n) is 9.19. The number of anilines is 1. The highest BCUT2D eigenvalue weighted by molar-refractivity contribution is 6.26. The molecule has 6 nitrogen and oxygen atoms in total. The minimum absolute atomic E-state index is 0.0304. The summed E-state index contributed by atoms with van der Waals surface area (Å²) in [6.45, 7) is 3.72. The first kappa shape index (κ1) is 18.1. The van der Waals surface area contributed by atoms with Crippen LogP contribution in [0.5, 0.6) is 0 Å². The maximum atomic E-state index is 12.8. The van der Waals surface area contributed by atoms with Crippen LogP contribution in [0, 0.1) is 0 Å². The lowest BCUT2D eigenvalue weighted by Crippen LogP contribution is -2.40. The van der Waals surface area contributed by atoms with Gasteiger partial charge >= 0.3 is 0 Å². The van der Waals surface area contributed by atoms with E-state index in [9.17, 15) is 14.4 Å². The summed E-state index contributed by atoms with van der Waals surface area (Å²) >= 11 is 0. The second-order valence-corrected chi connectivity index (χ2v) is 6.76. The Morgan fingerprint density at radius 2 is 1.68 bits per heavy atom. The van der Waals surface area contributed by atoms with Crippen molar-refractivity contribution < 1.29 is 19.1 Å². The van der Waals surface area contributed by atoms with Crippen molar-refractivity contribution in [3.63, 3.8) is 0 Å². The Morgan fingerprint density at radius 1 is 1.00 bits per heavy atom. The van der Waals surface area contributed by atoms with Gasteiger partial charge in [0.1, 0.15) is 0 Å². The fourth-order valence-electron chi connectivity index (χ4n) is 3.53. The van der Waals surface area contributed by atoms with Crippen molar-refractivity contribution >= 4 is 29.4 Å². The van der Waals surface area contributed by atoms with Crippen LogP contribution < -0.4 is 4.90 Å². The Bertz CT molecular complexity index is 972. The van der Waals surface area contributed by atoms with Gasteiger partial charge in [0, 0.05) is 31.1 Å². The van der Waals surface area contributed by atoms with Gasteiger partial charge in [-0.25, -0.2) is 0 Å². The molecule has 4 rings (SSSR count). The Kier molecular flexibility index (Phi) is 4.79. The first-order valence-corrected chi connectivity index (χ1v) is 9.19. The van der Waals surface area contributed by atoms with Gasteiger partial charge in [0.15, 0.2) is 0 Å². The van der Waals surface area contributed by atoms with E-state index >= 15 is 0 Å². The molecular formula is C22H20N2O4. The maximum Gasteiger partial charge on any atom is 0.254 e. The van der Waals surface area contributed by atoms with Crippen LogP contribution in [0.15, 0.2) is 54.2 Å². The van der Waals surface area contributed by atoms with Crippen LogP contribution >= 0.6 is 0 Å². The summed E-state index contributed by atoms with van der Waals surface area (Å²) in [5.74, 6) is -0.430. The van der Waals surface area contributed by atoms with Gasteiger partial charge in [-0.2, -0.15) is 0 Å². The minimum Gasteiger partial charge on any atom is -0.378 e. The van der Waals surface area contributed by atoms with Crippen LogP contribution in [0.25, 0.3) is 6.08 Å². The highest BCUT2D eigenvalue weighted by Gasteiger charge is 2.34. The molecule has 0 radical (unpaired) electrons. The number of ether oxygens (including phenoxy) is 1. The summed E-state index contributed by atoms with van der Waals surface area (Å²) in [4.78, 5) is 40.7. The average Bonchev–Trinajstić information content (AvgIpc) is 3.01. The van der Waals surface area contributed by atoms with Crippen molar-refractivity contribution in [2.24, 2.45) is 0 Å². The number of para-hydroxylation sites is 1. The number of fused-ring (bicyclic) bond motifs is 1. The predicted molar refractivity (Wildman–Crippen MR) is 105 cm³/mol. The smallest absolute Gasteiger partial charge is 0.254 e. The summed E-state index contributed by atoms with van der Waals surface area (Å²) in [5, 5.41) is 0. The van der Waals surface area contributed by atoms with Crippen LogP contribution in [-0.2, 0) is 9.53 Å². The fourth-order valence-corrected chi connectivity index (χ4v) is 3.53. The van der Waals surface area contributed by atoms with Crippen molar-refractivity contribution in [1.82, 2.24) is 4.90 Å². The predicted octanol–water partition coefficient (Wildman–Crippen LogP) is 2.75. The molecule has 0 unspecified atom stereocenters. The van der Waals surface area contributed by atoms with Gasteiger partial charge in [0.05, 0.1) is 24.6 Å². The molecule has 0 bridgehead atoms. The van der Waals surface area contributed by atoms with Crippen molar-refractivity contribution in [1.29, 1.82) is 0 Å². The van der Waals surface area contributed by atoms with Crippen molar-refractivity contribution in [3.8, 4) is 0 Å². The number of nitrogens with zero attached hydrogens (tertiary/aromatic N) is 2. The molecule has 0 saturated carbocycles. The number of Topliss-reactive ketones (excluding diaryl/α,β-unsaturated/α-hetero) is 1. The normalized spacial score (nSPS) is 17.8. The lowest BCUT2D eigenvalue weighted by molar-refractivity contribution is -0.116. The number of hydrogen-bond acceptors (Lipinski definition) is 4. The molecule has 142 valence electrons. The zero-order valence-electron chi connectivity index (χ0n) is 15.6. The van der Waals surface area contributed by atoms with E-state index in [4.69, 9.17) is 4.74 Å². The lowest BCUT2D eigenvalue weighted by atomic mass is 10.1. The summed E-state index contributed by atoms with van der Waals surface area (Å²) in [6.07, 6.45) is 1.69. The molecule has 2 heterocycles. The van der Waals surface area contributed by atoms with E-state index < -0.39 is 0 Å². The second-order valence-electron chi connectivity index (χ2n) is 6.76. The Balaban J connectivity index is 1.61. The Labute approximate surface area is 163 Å². The highest BCUT2D eigenvalue weighted by atomic mass is 16.5. The number of carbonyl (C=O) groups is 3. The summed E-state index contributed by atoms with van der Waals surface area (Å²) < 4.78 is 5.28. The van der Waals surface area contributed by atoms with Crippen molar-refractivity contribution in [2.75, 3.05) is 31.2 Å². The quantitative estimate of drug-likeness (QED) is 0.756. The van der Waals surface area contributed by atoms with E-state index in [1.54, 1.807) is 59.5 Å². The molecule has 2 aromatic carbocycles. The van der Waals surface area contributed by atoms with Gasteiger partial charge in [-0.05, 0) is 35.9 Å². The van der Waals surface area contributed by atoms with E-state index in [2.05, 4.69) is 0 Å². The van der Waals surface area contributed by atoms with Gasteiger partial charge in [-0.3, -0.25) is 19.3 Å². The van der Waals surface area contributed by atoms with Crippen LogP contribution in [0.3, 0.4) is 0 Å². The molecule has 0 atom stereocenters. The zero-order valence-corrected chi connectivity index (χ0v) is 15.6. The van der Waals surface area contributed by atoms with Gasteiger partial charge in [0.25, 0.3) is 5.91 Å². The summed E-state index contributed by atoms with van der Waals surface area (Å²) in [5.41, 5.74) is 2.78. The van der Waals surface area contributed by atoms with Gasteiger partial charge in [-0.15, -0.1) is 0 Å². The second kappa shape index (κ2) is 7.40. The van der Waals surface area contributed by atoms with Crippen LogP contribution in [0.1, 0.15) is 33.2 Å². The van der Waals surface area contributed by atoms with Gasteiger partial charge in [-0.1, -0.05) is 24.3 Å². The minimum atomic E-state index is -0.219. The summed E-state index contributed by atoms with van der Waals surface area (Å²) in [6, 6.07) is 14.1. The van der Waals surface area contributed by atoms with E-state index in [1.807, 2.05) is 0 Å². The highest BCUT2D eigenvalue weighted by Crippen LogP contribution is 2.35. The molecule has 28 heavy (non-hydrogen) atoms. The third kappa shape index (κ3) is 3.23. The molecular weight excluding hydrogens is 356 g/mol. The van der Waals surface area contributed by atoms with E-state index in [0.717, 1.165) is 5.56 Å². The Hall–Kier alpha value is -3.25. The number of amides is 2. The van der Waals surface area contributed by atoms with E-state index in [1.165, 1.54) is 11.8 Å². The van der Waals surface area contributed by atoms with Gasteiger partial charge in [0.2, 0.25) is 11.7 Å². The number of hydrogen-bond donors (Lipinski definition) is 0. The van der Waals surface area contributed by atoms with E-state index in [-0.39, 0.29) is 17.6 Å². The van der Waals surface area contributed by atoms with Crippen LogP contribution in [0.4, 0.5) is 5.69 Å². The number of rotatable bonds is 2. The van der Waals surface area contributed by atoms with Crippen LogP contribution in [-0.4, -0.2) is 48.8 Å². The molecule has 0 N–H and O–H groups in total. The third-order valence-corrected chi connectivity index (χ3v) is 4.94. The van der Waals surface area contributed by atoms with Gasteiger partial charge < -0.3 is 9.64 Å². The number of allylic oxidation sites excluding steroid dienone is 1. The molecule has 2 amide bonds. The molecule has 6 heteroatoms. The number of ketones is 1. The molecule has 0 spiro atoms. The van der Waals surface area contributed by atoms with Crippen LogP contribution in [0.2, 0.25) is 0 Å². The first-order chi connectivity index (χ1) is 13.6. The number of carbonyl (C=O) groups excluding carboxylic acids is 3. The molecule has 2 aliphatic heterocycles. The number of benzene rings is 2. The lowest BCUT2D eigenvalue weighted by Gasteiger charge is -2.26. The van der Waals surface area contributed by atoms with Crippen molar-refractivity contribution in [3.05, 3.63) is 70.9 Å². The van der Waals surface area contributed by atoms with E-state index in [0.29, 0.717) is 48.8 Å². The average molecular weight is 376 g/mol. The molecule has 2 aliphatic rings. The topological polar surface area (TPSA) is 66.9 Å². The molecule has 2 aromatic rings. The molecule has 0 aliphatic carbocycles. The third-order valence-electron chi connectivity index (χ3n) is 4.94. The molecule has 1 fully saturated rings. The fraction of sp³-hybridized carbons (Fsp3) is 0.227. The molecule has 0 aromatic heterocycles. The standard InChI is InChI=1S/C22H20N2O4/c1-15(25)24-19-5-3-2-4-18(19)21(26)20(24)14-16-6-8-17(9-7-16)22(27)23-10-12-28-13-11-23/h2-9,14H,10-13H2,1H3. The number of morpholine rings is 1. The zero-order chi connectivity index (χ0) is 19.7. The monoisotopic (exact) mass is 376 g/mol. The molecule has 1 saturated heterocycles. The largest absolute Gasteiger partial charge is 0.378 e. The maximum absolute atomic E-state index is 12.8. The Morgan fingerprint density at radius 3 is 2.36 bits per heavy atom. The SMILES string of the molecule is CC(=O)N1C(=Cc2ccc(C(=O)N3CCOCC3)cc2)C(=O)c2ccccc21.